The number of hydrogen-bond acceptors (Lipinski definition) is 2. The highest BCUT2D eigenvalue weighted by atomic mass is 32.2. The van der Waals surface area contributed by atoms with Gasteiger partial charge >= 0.3 is 0 Å². The van der Waals surface area contributed by atoms with Gasteiger partial charge in [0.05, 0.1) is 11.4 Å². The fourth-order valence-corrected chi connectivity index (χ4v) is 3.42. The first-order valence-corrected chi connectivity index (χ1v) is 8.30. The van der Waals surface area contributed by atoms with E-state index in [-0.39, 0.29) is 0 Å². The van der Waals surface area contributed by atoms with Crippen molar-refractivity contribution in [2.75, 3.05) is 4.31 Å². The van der Waals surface area contributed by atoms with Crippen LogP contribution in [0.1, 0.15) is 17.7 Å². The van der Waals surface area contributed by atoms with Gasteiger partial charge in [-0.3, -0.25) is 4.31 Å². The Morgan fingerprint density at radius 2 is 1.05 bits per heavy atom. The van der Waals surface area contributed by atoms with Crippen LogP contribution >= 0.6 is 11.9 Å². The third kappa shape index (κ3) is 3.52. The zero-order valence-corrected chi connectivity index (χ0v) is 13.4. The highest BCUT2D eigenvalue weighted by Crippen LogP contribution is 2.40. The summed E-state index contributed by atoms with van der Waals surface area (Å²) in [5, 5.41) is 0.376. The second kappa shape index (κ2) is 7.19. The molecule has 1 atom stereocenters. The van der Waals surface area contributed by atoms with Crippen LogP contribution in [0, 0.1) is 0 Å². The van der Waals surface area contributed by atoms with Gasteiger partial charge in [-0.15, -0.1) is 0 Å². The van der Waals surface area contributed by atoms with Crippen molar-refractivity contribution in [1.82, 2.24) is 0 Å². The summed E-state index contributed by atoms with van der Waals surface area (Å²) < 4.78 is 2.30. The molecule has 1 unspecified atom stereocenters. The molecular weight excluding hydrogens is 286 g/mol. The molecule has 2 heteroatoms. The predicted molar refractivity (Wildman–Crippen MR) is 97.5 cm³/mol. The lowest BCUT2D eigenvalue weighted by Crippen LogP contribution is -2.09. The maximum atomic E-state index is 2.30. The summed E-state index contributed by atoms with van der Waals surface area (Å²) in [6.07, 6.45) is 0. The molecule has 0 aliphatic carbocycles. The summed E-state index contributed by atoms with van der Waals surface area (Å²) >= 11 is 1.84. The van der Waals surface area contributed by atoms with E-state index >= 15 is 0 Å². The first-order chi connectivity index (χ1) is 10.8. The van der Waals surface area contributed by atoms with Crippen LogP contribution in [0.3, 0.4) is 0 Å². The van der Waals surface area contributed by atoms with Crippen LogP contribution in [0.15, 0.2) is 91.0 Å². The molecule has 3 aromatic rings. The average molecular weight is 305 g/mol. The number of hydrogen-bond donors (Lipinski definition) is 0. The molecule has 0 saturated carbocycles. The van der Waals surface area contributed by atoms with Crippen molar-refractivity contribution < 1.29 is 0 Å². The topological polar surface area (TPSA) is 3.24 Å². The lowest BCUT2D eigenvalue weighted by molar-refractivity contribution is 1.09. The quantitative estimate of drug-likeness (QED) is 0.514. The summed E-state index contributed by atoms with van der Waals surface area (Å²) in [6, 6.07) is 31.7. The highest BCUT2D eigenvalue weighted by molar-refractivity contribution is 8.01. The van der Waals surface area contributed by atoms with Gasteiger partial charge in [-0.1, -0.05) is 66.7 Å². The Morgan fingerprint density at radius 1 is 0.636 bits per heavy atom. The molecule has 3 aromatic carbocycles. The van der Waals surface area contributed by atoms with Crippen molar-refractivity contribution in [1.29, 1.82) is 0 Å². The molecule has 0 heterocycles. The van der Waals surface area contributed by atoms with Crippen LogP contribution in [-0.4, -0.2) is 0 Å². The maximum Gasteiger partial charge on any atom is 0.0525 e. The van der Waals surface area contributed by atoms with E-state index in [0.717, 1.165) is 0 Å². The van der Waals surface area contributed by atoms with Crippen LogP contribution in [-0.2, 0) is 0 Å². The lowest BCUT2D eigenvalue weighted by Gasteiger charge is -2.27. The van der Waals surface area contributed by atoms with Crippen LogP contribution < -0.4 is 4.31 Å². The molecule has 0 aliphatic rings. The van der Waals surface area contributed by atoms with Gasteiger partial charge in [0.2, 0.25) is 0 Å². The van der Waals surface area contributed by atoms with Crippen LogP contribution in [0.2, 0.25) is 0 Å². The van der Waals surface area contributed by atoms with Gasteiger partial charge in [0.1, 0.15) is 0 Å². The Balaban J connectivity index is 1.90. The smallest absolute Gasteiger partial charge is 0.0525 e. The zero-order valence-electron chi connectivity index (χ0n) is 12.6. The predicted octanol–water partition coefficient (Wildman–Crippen LogP) is 6.23. The number of benzene rings is 3. The van der Waals surface area contributed by atoms with Crippen LogP contribution in [0.25, 0.3) is 0 Å². The molecule has 0 aliphatic heterocycles. The van der Waals surface area contributed by atoms with Gasteiger partial charge in [0.25, 0.3) is 0 Å². The first-order valence-electron chi connectivity index (χ1n) is 7.46. The Kier molecular flexibility index (Phi) is 4.81. The Morgan fingerprint density at radius 3 is 1.50 bits per heavy atom. The largest absolute Gasteiger partial charge is 0.284 e. The minimum absolute atomic E-state index is 0.376. The van der Waals surface area contributed by atoms with E-state index in [1.165, 1.54) is 16.9 Å². The second-order valence-corrected chi connectivity index (χ2v) is 6.41. The summed E-state index contributed by atoms with van der Waals surface area (Å²) in [4.78, 5) is 0. The van der Waals surface area contributed by atoms with Crippen molar-refractivity contribution in [3.05, 3.63) is 96.6 Å². The standard InChI is InChI=1S/C20H19NS/c1-17(18-11-5-2-6-12-18)22-21(19-13-7-3-8-14-19)20-15-9-4-10-16-20/h2-17H,1H3. The van der Waals surface area contributed by atoms with Gasteiger partial charge in [-0.2, -0.15) is 0 Å². The van der Waals surface area contributed by atoms with Crippen molar-refractivity contribution >= 4 is 23.3 Å². The van der Waals surface area contributed by atoms with E-state index < -0.39 is 0 Å². The molecular formula is C20H19NS. The zero-order chi connectivity index (χ0) is 15.2. The molecule has 3 rings (SSSR count). The number of nitrogens with zero attached hydrogens (tertiary/aromatic N) is 1. The Hall–Kier alpha value is -2.19. The fraction of sp³-hybridized carbons (Fsp3) is 0.100. The molecule has 0 fully saturated rings. The molecule has 0 spiro atoms. The minimum Gasteiger partial charge on any atom is -0.284 e. The molecule has 0 amide bonds. The summed E-state index contributed by atoms with van der Waals surface area (Å²) in [7, 11) is 0. The first kappa shape index (κ1) is 14.7. The third-order valence-electron chi connectivity index (χ3n) is 3.51. The van der Waals surface area contributed by atoms with E-state index in [2.05, 4.69) is 102 Å². The van der Waals surface area contributed by atoms with E-state index in [4.69, 9.17) is 0 Å². The summed E-state index contributed by atoms with van der Waals surface area (Å²) in [5.74, 6) is 0. The third-order valence-corrected chi connectivity index (χ3v) is 4.73. The van der Waals surface area contributed by atoms with E-state index in [9.17, 15) is 0 Å². The van der Waals surface area contributed by atoms with Gasteiger partial charge in [-0.25, -0.2) is 0 Å². The molecule has 0 saturated heterocycles. The van der Waals surface area contributed by atoms with Crippen LogP contribution in [0.4, 0.5) is 11.4 Å². The second-order valence-electron chi connectivity index (χ2n) is 5.12. The van der Waals surface area contributed by atoms with Crippen molar-refractivity contribution in [2.24, 2.45) is 0 Å². The molecule has 0 bridgehead atoms. The molecule has 22 heavy (non-hydrogen) atoms. The van der Waals surface area contributed by atoms with Gasteiger partial charge in [-0.05, 0) is 48.7 Å². The summed E-state index contributed by atoms with van der Waals surface area (Å²) in [6.45, 7) is 2.25. The highest BCUT2D eigenvalue weighted by Gasteiger charge is 2.15. The normalized spacial score (nSPS) is 11.9. The Bertz CT molecular complexity index is 643. The number of rotatable bonds is 5. The summed E-state index contributed by atoms with van der Waals surface area (Å²) in [5.41, 5.74) is 3.73. The number of para-hydroxylation sites is 2. The van der Waals surface area contributed by atoms with Gasteiger partial charge in [0, 0.05) is 5.25 Å². The molecule has 0 aromatic heterocycles. The SMILES string of the molecule is CC(SN(c1ccccc1)c1ccccc1)c1ccccc1. The molecule has 110 valence electrons. The minimum atomic E-state index is 0.376. The van der Waals surface area contributed by atoms with Gasteiger partial charge in [0.15, 0.2) is 0 Å². The molecule has 0 radical (unpaired) electrons. The van der Waals surface area contributed by atoms with Gasteiger partial charge < -0.3 is 0 Å². The van der Waals surface area contributed by atoms with Crippen LogP contribution in [0.5, 0.6) is 0 Å². The van der Waals surface area contributed by atoms with Crippen molar-refractivity contribution in [3.8, 4) is 0 Å². The fourth-order valence-electron chi connectivity index (χ4n) is 2.34. The van der Waals surface area contributed by atoms with Crippen molar-refractivity contribution in [3.63, 3.8) is 0 Å². The van der Waals surface area contributed by atoms with Crippen molar-refractivity contribution in [2.45, 2.75) is 12.2 Å². The Labute approximate surface area is 136 Å². The monoisotopic (exact) mass is 305 g/mol. The number of anilines is 2. The van der Waals surface area contributed by atoms with E-state index in [1.54, 1.807) is 0 Å². The average Bonchev–Trinajstić information content (AvgIpc) is 2.62. The maximum absolute atomic E-state index is 2.30. The molecule has 1 nitrogen and oxygen atoms in total. The van der Waals surface area contributed by atoms with E-state index in [1.807, 2.05) is 11.9 Å². The van der Waals surface area contributed by atoms with E-state index in [0.29, 0.717) is 5.25 Å². The molecule has 0 N–H and O–H groups in total. The lowest BCUT2D eigenvalue weighted by atomic mass is 10.2.